The molecule has 1 unspecified atom stereocenters. The molecule has 3 rings (SSSR count). The van der Waals surface area contributed by atoms with E-state index in [1.54, 1.807) is 0 Å². The van der Waals surface area contributed by atoms with Gasteiger partial charge in [-0.05, 0) is 32.1 Å². The van der Waals surface area contributed by atoms with E-state index in [0.29, 0.717) is 12.1 Å². The Labute approximate surface area is 125 Å². The van der Waals surface area contributed by atoms with Crippen LogP contribution in [0.15, 0.2) is 30.3 Å². The summed E-state index contributed by atoms with van der Waals surface area (Å²) in [6.07, 6.45) is 1.34. The molecule has 5 heteroatoms. The molecule has 0 radical (unpaired) electrons. The van der Waals surface area contributed by atoms with Crippen LogP contribution in [-0.4, -0.2) is 60.9 Å². The molecule has 1 aromatic carbocycles. The predicted molar refractivity (Wildman–Crippen MR) is 81.0 cm³/mol. The smallest absolute Gasteiger partial charge is 0.251 e. The highest BCUT2D eigenvalue weighted by Gasteiger charge is 2.42. The van der Waals surface area contributed by atoms with Gasteiger partial charge in [-0.15, -0.1) is 0 Å². The van der Waals surface area contributed by atoms with E-state index in [-0.39, 0.29) is 17.9 Å². The number of amides is 2. The summed E-state index contributed by atoms with van der Waals surface area (Å²) in [5.74, 6) is -0.162. The van der Waals surface area contributed by atoms with Crippen LogP contribution in [0.4, 0.5) is 5.69 Å². The lowest BCUT2D eigenvalue weighted by Gasteiger charge is -2.25. The van der Waals surface area contributed by atoms with Crippen LogP contribution in [0.5, 0.6) is 0 Å². The Morgan fingerprint density at radius 2 is 1.76 bits per heavy atom. The maximum atomic E-state index is 12.7. The molecule has 0 bridgehead atoms. The molecule has 0 N–H and O–H groups in total. The van der Waals surface area contributed by atoms with Crippen molar-refractivity contribution in [2.24, 2.45) is 0 Å². The lowest BCUT2D eigenvalue weighted by atomic mass is 10.2. The first-order valence-electron chi connectivity index (χ1n) is 7.51. The zero-order chi connectivity index (χ0) is 14.8. The van der Waals surface area contributed by atoms with Crippen LogP contribution in [0.1, 0.15) is 12.8 Å². The first-order chi connectivity index (χ1) is 10.2. The van der Waals surface area contributed by atoms with Crippen molar-refractivity contribution in [3.63, 3.8) is 0 Å². The number of carbonyl (C=O) groups is 2. The first kappa shape index (κ1) is 14.2. The molecule has 21 heavy (non-hydrogen) atoms. The molecule has 0 saturated carbocycles. The van der Waals surface area contributed by atoms with Crippen molar-refractivity contribution < 1.29 is 9.59 Å². The van der Waals surface area contributed by atoms with Crippen molar-refractivity contribution in [3.05, 3.63) is 30.3 Å². The van der Waals surface area contributed by atoms with Crippen LogP contribution >= 0.6 is 0 Å². The molecule has 5 nitrogen and oxygen atoms in total. The third-order valence-corrected chi connectivity index (χ3v) is 4.33. The second-order valence-corrected chi connectivity index (χ2v) is 5.82. The third-order valence-electron chi connectivity index (χ3n) is 4.33. The lowest BCUT2D eigenvalue weighted by Crippen LogP contribution is -2.43. The van der Waals surface area contributed by atoms with Gasteiger partial charge in [0.2, 0.25) is 5.91 Å². The minimum absolute atomic E-state index is 0.0734. The first-order valence-corrected chi connectivity index (χ1v) is 7.51. The number of para-hydroxylation sites is 1. The Balaban J connectivity index is 1.77. The number of likely N-dealkylation sites (N-methyl/N-ethyl adjacent to an activating group) is 1. The monoisotopic (exact) mass is 287 g/mol. The molecule has 112 valence electrons. The van der Waals surface area contributed by atoms with Crippen molar-refractivity contribution in [1.82, 2.24) is 9.80 Å². The van der Waals surface area contributed by atoms with Crippen molar-refractivity contribution in [2.45, 2.75) is 18.9 Å². The number of nitrogens with zero attached hydrogens (tertiary/aromatic N) is 3. The van der Waals surface area contributed by atoms with Gasteiger partial charge in [-0.1, -0.05) is 18.2 Å². The highest BCUT2D eigenvalue weighted by molar-refractivity contribution is 6.22. The number of hydrogen-bond acceptors (Lipinski definition) is 4. The quantitative estimate of drug-likeness (QED) is 0.760. The summed E-state index contributed by atoms with van der Waals surface area (Å²) in [6, 6.07) is 8.93. The summed E-state index contributed by atoms with van der Waals surface area (Å²) in [5.41, 5.74) is 0.682. The molecule has 0 aromatic heterocycles. The topological polar surface area (TPSA) is 43.9 Å². The fraction of sp³-hybridized carbons (Fsp3) is 0.500. The Bertz CT molecular complexity index is 532. The molecule has 2 aliphatic rings. The Kier molecular flexibility index (Phi) is 4.03. The molecule has 1 aromatic rings. The van der Waals surface area contributed by atoms with E-state index < -0.39 is 0 Å². The van der Waals surface area contributed by atoms with Gasteiger partial charge in [0.15, 0.2) is 0 Å². The second-order valence-electron chi connectivity index (χ2n) is 5.82. The van der Waals surface area contributed by atoms with E-state index in [2.05, 4.69) is 16.8 Å². The molecule has 2 fully saturated rings. The highest BCUT2D eigenvalue weighted by Crippen LogP contribution is 2.25. The third kappa shape index (κ3) is 2.84. The van der Waals surface area contributed by atoms with Crippen molar-refractivity contribution in [2.75, 3.05) is 38.1 Å². The minimum Gasteiger partial charge on any atom is -0.305 e. The molecule has 2 amide bonds. The van der Waals surface area contributed by atoms with Gasteiger partial charge >= 0.3 is 0 Å². The summed E-state index contributed by atoms with van der Waals surface area (Å²) in [7, 11) is 2.10. The van der Waals surface area contributed by atoms with E-state index in [1.807, 2.05) is 30.3 Å². The van der Waals surface area contributed by atoms with Gasteiger partial charge in [0, 0.05) is 19.6 Å². The Morgan fingerprint density at radius 3 is 2.52 bits per heavy atom. The Morgan fingerprint density at radius 1 is 1.00 bits per heavy atom. The number of benzene rings is 1. The number of anilines is 1. The van der Waals surface area contributed by atoms with Crippen LogP contribution in [0.3, 0.4) is 0 Å². The maximum Gasteiger partial charge on any atom is 0.251 e. The summed E-state index contributed by atoms with van der Waals surface area (Å²) >= 11 is 0. The van der Waals surface area contributed by atoms with Gasteiger partial charge < -0.3 is 4.90 Å². The fourth-order valence-electron chi connectivity index (χ4n) is 3.13. The van der Waals surface area contributed by atoms with Gasteiger partial charge in [-0.25, -0.2) is 4.90 Å². The van der Waals surface area contributed by atoms with Crippen molar-refractivity contribution in [1.29, 1.82) is 0 Å². The maximum absolute atomic E-state index is 12.7. The van der Waals surface area contributed by atoms with Crippen LogP contribution < -0.4 is 4.90 Å². The summed E-state index contributed by atoms with van der Waals surface area (Å²) in [4.78, 5) is 30.7. The number of imide groups is 1. The van der Waals surface area contributed by atoms with Crippen molar-refractivity contribution in [3.8, 4) is 0 Å². The molecule has 1 atom stereocenters. The fourth-order valence-corrected chi connectivity index (χ4v) is 3.13. The normalized spacial score (nSPS) is 25.4. The zero-order valence-corrected chi connectivity index (χ0v) is 12.4. The van der Waals surface area contributed by atoms with E-state index in [9.17, 15) is 9.59 Å². The van der Waals surface area contributed by atoms with Gasteiger partial charge in [-0.3, -0.25) is 14.5 Å². The molecular formula is C16H21N3O2. The number of carbonyl (C=O) groups excluding carboxylic acids is 2. The zero-order valence-electron chi connectivity index (χ0n) is 12.4. The molecule has 0 spiro atoms. The predicted octanol–water partition coefficient (Wildman–Crippen LogP) is 0.956. The second kappa shape index (κ2) is 5.95. The average molecular weight is 287 g/mol. The van der Waals surface area contributed by atoms with Gasteiger partial charge in [0.1, 0.15) is 0 Å². The highest BCUT2D eigenvalue weighted by atomic mass is 16.2. The molecule has 2 aliphatic heterocycles. The van der Waals surface area contributed by atoms with Crippen LogP contribution in [0.2, 0.25) is 0 Å². The number of hydrogen-bond donors (Lipinski definition) is 0. The van der Waals surface area contributed by atoms with E-state index in [0.717, 1.165) is 32.6 Å². The largest absolute Gasteiger partial charge is 0.305 e. The standard InChI is InChI=1S/C16H21N3O2/c1-17-8-5-9-18(11-10-17)14-12-15(20)19(16(14)21)13-6-3-2-4-7-13/h2-4,6-7,14H,5,8-12H2,1H3. The van der Waals surface area contributed by atoms with Crippen LogP contribution in [-0.2, 0) is 9.59 Å². The molecule has 0 aliphatic carbocycles. The molecule has 2 heterocycles. The van der Waals surface area contributed by atoms with Crippen molar-refractivity contribution >= 4 is 17.5 Å². The van der Waals surface area contributed by atoms with Crippen LogP contribution in [0, 0.1) is 0 Å². The minimum atomic E-state index is -0.288. The summed E-state index contributed by atoms with van der Waals surface area (Å²) < 4.78 is 0. The van der Waals surface area contributed by atoms with Gasteiger partial charge in [0.05, 0.1) is 18.2 Å². The van der Waals surface area contributed by atoms with Gasteiger partial charge in [0.25, 0.3) is 5.91 Å². The average Bonchev–Trinajstić information content (AvgIpc) is 2.64. The van der Waals surface area contributed by atoms with Gasteiger partial charge in [-0.2, -0.15) is 0 Å². The SMILES string of the molecule is CN1CCCN(C2CC(=O)N(c3ccccc3)C2=O)CC1. The Hall–Kier alpha value is -1.72. The van der Waals surface area contributed by atoms with E-state index in [4.69, 9.17) is 0 Å². The number of rotatable bonds is 2. The lowest BCUT2D eigenvalue weighted by molar-refractivity contribution is -0.122. The van der Waals surface area contributed by atoms with Crippen LogP contribution in [0.25, 0.3) is 0 Å². The van der Waals surface area contributed by atoms with E-state index in [1.165, 1.54) is 4.90 Å². The van der Waals surface area contributed by atoms with E-state index >= 15 is 0 Å². The summed E-state index contributed by atoms with van der Waals surface area (Å²) in [5, 5.41) is 0. The molecule has 2 saturated heterocycles. The molecular weight excluding hydrogens is 266 g/mol. The summed E-state index contributed by atoms with van der Waals surface area (Å²) in [6.45, 7) is 3.73.